The fourth-order valence-corrected chi connectivity index (χ4v) is 2.76. The highest BCUT2D eigenvalue weighted by Gasteiger charge is 2.25. The average Bonchev–Trinajstić information content (AvgIpc) is 3.21. The molecular weight excluding hydrogens is 248 g/mol. The van der Waals surface area contributed by atoms with Crippen LogP contribution in [0.4, 0.5) is 0 Å². The summed E-state index contributed by atoms with van der Waals surface area (Å²) in [5, 5.41) is 1.24. The summed E-state index contributed by atoms with van der Waals surface area (Å²) < 4.78 is 0. The number of carbonyl (C=O) groups is 1. The molecule has 20 heavy (non-hydrogen) atoms. The summed E-state index contributed by atoms with van der Waals surface area (Å²) in [6.45, 7) is 3.87. The molecule has 1 aromatic carbocycles. The van der Waals surface area contributed by atoms with E-state index in [0.29, 0.717) is 12.3 Å². The number of amides is 1. The third-order valence-corrected chi connectivity index (χ3v) is 4.19. The molecule has 1 N–H and O–H groups in total. The second-order valence-corrected chi connectivity index (χ2v) is 5.74. The van der Waals surface area contributed by atoms with Gasteiger partial charge in [0.2, 0.25) is 5.91 Å². The van der Waals surface area contributed by atoms with Crippen LogP contribution < -0.4 is 0 Å². The van der Waals surface area contributed by atoms with Crippen LogP contribution >= 0.6 is 0 Å². The van der Waals surface area contributed by atoms with Crippen molar-refractivity contribution >= 4 is 16.8 Å². The molecule has 0 atom stereocenters. The van der Waals surface area contributed by atoms with Gasteiger partial charge in [-0.1, -0.05) is 18.2 Å². The summed E-state index contributed by atoms with van der Waals surface area (Å²) >= 11 is 0. The van der Waals surface area contributed by atoms with Crippen LogP contribution in [-0.2, 0) is 11.2 Å². The number of nitrogens with one attached hydrogen (secondary N) is 1. The lowest BCUT2D eigenvalue weighted by Gasteiger charge is -2.20. The van der Waals surface area contributed by atoms with Crippen molar-refractivity contribution in [3.63, 3.8) is 0 Å². The number of nitrogens with zero attached hydrogens (tertiary/aromatic N) is 1. The minimum atomic E-state index is 0.296. The monoisotopic (exact) mass is 270 g/mol. The number of carbonyl (C=O) groups excluding carboxylic acids is 1. The van der Waals surface area contributed by atoms with E-state index in [1.165, 1.54) is 23.8 Å². The molecular formula is C17H22N2O. The zero-order valence-corrected chi connectivity index (χ0v) is 12.1. The first-order valence-electron chi connectivity index (χ1n) is 7.60. The van der Waals surface area contributed by atoms with Gasteiger partial charge in [-0.15, -0.1) is 0 Å². The number of rotatable bonds is 6. The van der Waals surface area contributed by atoms with Crippen LogP contribution in [0.25, 0.3) is 10.9 Å². The number of fused-ring (bicyclic) bond motifs is 1. The van der Waals surface area contributed by atoms with Crippen LogP contribution in [0.1, 0.15) is 31.7 Å². The van der Waals surface area contributed by atoms with Crippen molar-refractivity contribution in [3.8, 4) is 0 Å². The Morgan fingerprint density at radius 2 is 2.15 bits per heavy atom. The lowest BCUT2D eigenvalue weighted by molar-refractivity contribution is -0.131. The standard InChI is InChI=1S/C17H22N2O/c1-2-19(12-13-7-8-13)17(20)10-9-14-11-18-16-6-4-3-5-15(14)16/h3-6,11,13,18H,2,7-10,12H2,1H3. The largest absolute Gasteiger partial charge is 0.361 e. The number of hydrogen-bond donors (Lipinski definition) is 1. The molecule has 1 amide bonds. The summed E-state index contributed by atoms with van der Waals surface area (Å²) in [4.78, 5) is 17.6. The van der Waals surface area contributed by atoms with Crippen LogP contribution in [0.3, 0.4) is 0 Å². The van der Waals surface area contributed by atoms with Crippen molar-refractivity contribution in [1.29, 1.82) is 0 Å². The molecule has 0 saturated heterocycles. The lowest BCUT2D eigenvalue weighted by Crippen LogP contribution is -2.32. The first-order chi connectivity index (χ1) is 9.78. The van der Waals surface area contributed by atoms with Crippen molar-refractivity contribution in [2.45, 2.75) is 32.6 Å². The van der Waals surface area contributed by atoms with E-state index in [0.717, 1.165) is 30.9 Å². The molecule has 1 fully saturated rings. The first-order valence-corrected chi connectivity index (χ1v) is 7.60. The fourth-order valence-electron chi connectivity index (χ4n) is 2.76. The molecule has 1 heterocycles. The maximum Gasteiger partial charge on any atom is 0.222 e. The second kappa shape index (κ2) is 5.70. The van der Waals surface area contributed by atoms with E-state index in [1.807, 2.05) is 23.2 Å². The van der Waals surface area contributed by atoms with E-state index in [9.17, 15) is 4.79 Å². The number of aryl methyl sites for hydroxylation is 1. The maximum atomic E-state index is 12.3. The number of aromatic nitrogens is 1. The number of H-pyrrole nitrogens is 1. The Morgan fingerprint density at radius 3 is 2.90 bits per heavy atom. The Kier molecular flexibility index (Phi) is 3.77. The highest BCUT2D eigenvalue weighted by molar-refractivity contribution is 5.84. The minimum Gasteiger partial charge on any atom is -0.361 e. The van der Waals surface area contributed by atoms with Gasteiger partial charge < -0.3 is 9.88 Å². The summed E-state index contributed by atoms with van der Waals surface area (Å²) in [6.07, 6.45) is 6.07. The molecule has 1 aliphatic carbocycles. The summed E-state index contributed by atoms with van der Waals surface area (Å²) in [5.74, 6) is 1.07. The van der Waals surface area contributed by atoms with Gasteiger partial charge in [-0.3, -0.25) is 4.79 Å². The molecule has 106 valence electrons. The minimum absolute atomic E-state index is 0.296. The third kappa shape index (κ3) is 2.87. The molecule has 0 radical (unpaired) electrons. The second-order valence-electron chi connectivity index (χ2n) is 5.74. The summed E-state index contributed by atoms with van der Waals surface area (Å²) in [7, 11) is 0. The van der Waals surface area contributed by atoms with Crippen LogP contribution in [0.5, 0.6) is 0 Å². The van der Waals surface area contributed by atoms with Crippen LogP contribution in [-0.4, -0.2) is 28.9 Å². The predicted octanol–water partition coefficient (Wildman–Crippen LogP) is 3.36. The van der Waals surface area contributed by atoms with E-state index in [2.05, 4.69) is 24.0 Å². The smallest absolute Gasteiger partial charge is 0.222 e. The highest BCUT2D eigenvalue weighted by Crippen LogP contribution is 2.30. The Bertz CT molecular complexity index is 598. The molecule has 3 heteroatoms. The van der Waals surface area contributed by atoms with Gasteiger partial charge in [0.15, 0.2) is 0 Å². The predicted molar refractivity (Wildman–Crippen MR) is 81.6 cm³/mol. The highest BCUT2D eigenvalue weighted by atomic mass is 16.2. The summed E-state index contributed by atoms with van der Waals surface area (Å²) in [5.41, 5.74) is 2.40. The molecule has 3 nitrogen and oxygen atoms in total. The summed E-state index contributed by atoms with van der Waals surface area (Å²) in [6, 6.07) is 8.27. The van der Waals surface area contributed by atoms with E-state index in [4.69, 9.17) is 0 Å². The molecule has 0 unspecified atom stereocenters. The van der Waals surface area contributed by atoms with Crippen molar-refractivity contribution in [2.24, 2.45) is 5.92 Å². The topological polar surface area (TPSA) is 36.1 Å². The molecule has 1 saturated carbocycles. The molecule has 3 rings (SSSR count). The van der Waals surface area contributed by atoms with E-state index >= 15 is 0 Å². The van der Waals surface area contributed by atoms with Crippen LogP contribution in [0.15, 0.2) is 30.5 Å². The zero-order valence-electron chi connectivity index (χ0n) is 12.1. The van der Waals surface area contributed by atoms with Gasteiger partial charge in [0.25, 0.3) is 0 Å². The van der Waals surface area contributed by atoms with E-state index in [1.54, 1.807) is 0 Å². The Balaban J connectivity index is 1.61. The molecule has 1 aliphatic rings. The average molecular weight is 270 g/mol. The number of hydrogen-bond acceptors (Lipinski definition) is 1. The van der Waals surface area contributed by atoms with Gasteiger partial charge >= 0.3 is 0 Å². The first kappa shape index (κ1) is 13.2. The van der Waals surface area contributed by atoms with Crippen LogP contribution in [0, 0.1) is 5.92 Å². The van der Waals surface area contributed by atoms with Crippen molar-refractivity contribution in [1.82, 2.24) is 9.88 Å². The quantitative estimate of drug-likeness (QED) is 0.858. The van der Waals surface area contributed by atoms with Crippen molar-refractivity contribution in [3.05, 3.63) is 36.0 Å². The van der Waals surface area contributed by atoms with Crippen LogP contribution in [0.2, 0.25) is 0 Å². The zero-order chi connectivity index (χ0) is 13.9. The van der Waals surface area contributed by atoms with Gasteiger partial charge in [0.1, 0.15) is 0 Å². The number of benzene rings is 1. The number of para-hydroxylation sites is 1. The molecule has 0 bridgehead atoms. The van der Waals surface area contributed by atoms with Crippen molar-refractivity contribution in [2.75, 3.05) is 13.1 Å². The maximum absolute atomic E-state index is 12.3. The molecule has 2 aromatic rings. The van der Waals surface area contributed by atoms with Gasteiger partial charge in [-0.2, -0.15) is 0 Å². The number of aromatic amines is 1. The SMILES string of the molecule is CCN(CC1CC1)C(=O)CCc1c[nH]c2ccccc12. The van der Waals surface area contributed by atoms with Gasteiger partial charge in [0.05, 0.1) is 0 Å². The van der Waals surface area contributed by atoms with Gasteiger partial charge in [-0.05, 0) is 43.7 Å². The lowest BCUT2D eigenvalue weighted by atomic mass is 10.1. The fraction of sp³-hybridized carbons (Fsp3) is 0.471. The Hall–Kier alpha value is -1.77. The Morgan fingerprint density at radius 1 is 1.35 bits per heavy atom. The molecule has 1 aromatic heterocycles. The third-order valence-electron chi connectivity index (χ3n) is 4.19. The van der Waals surface area contributed by atoms with Crippen molar-refractivity contribution < 1.29 is 4.79 Å². The van der Waals surface area contributed by atoms with Gasteiger partial charge in [0, 0.05) is 36.6 Å². The normalized spacial score (nSPS) is 14.7. The Labute approximate surface area is 120 Å². The molecule has 0 spiro atoms. The molecule has 0 aliphatic heterocycles. The van der Waals surface area contributed by atoms with Gasteiger partial charge in [-0.25, -0.2) is 0 Å². The van der Waals surface area contributed by atoms with E-state index in [-0.39, 0.29) is 0 Å². The van der Waals surface area contributed by atoms with E-state index < -0.39 is 0 Å².